The van der Waals surface area contributed by atoms with Crippen LogP contribution in [-0.2, 0) is 4.74 Å². The van der Waals surface area contributed by atoms with Crippen molar-refractivity contribution < 1.29 is 28.5 Å². The molecule has 0 amide bonds. The number of imidazole rings is 1. The summed E-state index contributed by atoms with van der Waals surface area (Å²) in [6, 6.07) is -1.20. The summed E-state index contributed by atoms with van der Waals surface area (Å²) in [5, 5.41) is 15.3. The number of nitrogens with one attached hydrogen (secondary N) is 2. The molecule has 2 fully saturated rings. The van der Waals surface area contributed by atoms with E-state index in [4.69, 9.17) is 10.2 Å². The number of aliphatic hydroxyl groups excluding tert-OH is 1. The van der Waals surface area contributed by atoms with Crippen molar-refractivity contribution >= 4 is 28.7 Å². The Morgan fingerprint density at radius 2 is 1.88 bits per heavy atom. The number of benzene rings is 1. The van der Waals surface area contributed by atoms with E-state index in [-0.39, 0.29) is 35.2 Å². The molecule has 11 heteroatoms. The third-order valence-corrected chi connectivity index (χ3v) is 5.49. The van der Waals surface area contributed by atoms with Crippen molar-refractivity contribution in [3.05, 3.63) is 35.8 Å². The molecule has 0 bridgehead atoms. The Bertz CT molecular complexity index is 1280. The third-order valence-electron chi connectivity index (χ3n) is 5.49. The lowest BCUT2D eigenvalue weighted by Gasteiger charge is -2.26. The Morgan fingerprint density at radius 3 is 2.56 bits per heavy atom. The first-order valence-electron chi connectivity index (χ1n) is 12.3. The molecule has 8 nitrogen and oxygen atoms in total. The van der Waals surface area contributed by atoms with Gasteiger partial charge in [-0.3, -0.25) is 4.57 Å². The van der Waals surface area contributed by atoms with E-state index in [2.05, 4.69) is 25.6 Å². The van der Waals surface area contributed by atoms with Crippen molar-refractivity contribution in [1.29, 1.82) is 0 Å². The van der Waals surface area contributed by atoms with Crippen molar-refractivity contribution in [2.24, 2.45) is 0 Å². The van der Waals surface area contributed by atoms with E-state index in [1.165, 1.54) is 6.20 Å². The van der Waals surface area contributed by atoms with Crippen LogP contribution in [0.2, 0.25) is 0 Å². The maximum absolute atomic E-state index is 14.4. The number of rotatable bonds is 5. The number of aliphatic hydroxyl groups is 1. The predicted molar refractivity (Wildman–Crippen MR) is 111 cm³/mol. The van der Waals surface area contributed by atoms with Gasteiger partial charge in [0.05, 0.1) is 30.4 Å². The zero-order valence-corrected chi connectivity index (χ0v) is 16.8. The Labute approximate surface area is 187 Å². The number of nitrogens with zero attached hydrogens (tertiary/aromatic N) is 4. The van der Waals surface area contributed by atoms with Crippen LogP contribution in [0.1, 0.15) is 43.6 Å². The largest absolute Gasteiger partial charge is 0.393 e. The fraction of sp³-hybridized carbons (Fsp3) is 0.476. The minimum Gasteiger partial charge on any atom is -0.393 e. The molecule has 2 aliphatic rings. The van der Waals surface area contributed by atoms with E-state index in [1.807, 2.05) is 0 Å². The Balaban J connectivity index is 1.60. The molecule has 170 valence electrons. The monoisotopic (exact) mass is 452 g/mol. The van der Waals surface area contributed by atoms with E-state index >= 15 is 0 Å². The Kier molecular flexibility index (Phi) is 4.45. The van der Waals surface area contributed by atoms with Gasteiger partial charge in [0.2, 0.25) is 11.9 Å². The standard InChI is InChI=1S/C21H23F3N6O2/c22-11-7-15(23)18(16(24)8-11)28-21-27-17-9-25-20(26-12-1-3-14(31)4-2-12)29-19(17)30(21)13-5-6-32-10-13/h7-9,12-14,31H,1-6,10H2,(H,27,28)(H,25,26,29)/i6D2,10D,13D. The average Bonchev–Trinajstić information content (AvgIpc) is 3.25. The fourth-order valence-corrected chi connectivity index (χ4v) is 3.87. The van der Waals surface area contributed by atoms with Crippen molar-refractivity contribution in [1.82, 2.24) is 19.5 Å². The number of hydrogen-bond donors (Lipinski definition) is 3. The molecule has 2 atom stereocenters. The summed E-state index contributed by atoms with van der Waals surface area (Å²) < 4.78 is 81.3. The molecular weight excluding hydrogens is 425 g/mol. The van der Waals surface area contributed by atoms with Gasteiger partial charge in [-0.25, -0.2) is 23.1 Å². The summed E-state index contributed by atoms with van der Waals surface area (Å²) in [4.78, 5) is 12.9. The van der Waals surface area contributed by atoms with E-state index < -0.39 is 48.7 Å². The first kappa shape index (κ1) is 16.7. The SMILES string of the molecule is [2H]C1OC([2H])([2H])CC1([2H])n1c(Nc2c(F)cc(F)cc2F)nc2cnc(NC3CCC(O)CC3)nc21. The van der Waals surface area contributed by atoms with Gasteiger partial charge in [0.1, 0.15) is 17.0 Å². The number of fused-ring (bicyclic) bond motifs is 1. The number of ether oxygens (including phenoxy) is 1. The molecule has 32 heavy (non-hydrogen) atoms. The van der Waals surface area contributed by atoms with E-state index in [0.717, 1.165) is 4.57 Å². The topological polar surface area (TPSA) is 97.1 Å². The molecule has 1 aliphatic carbocycles. The highest BCUT2D eigenvalue weighted by Gasteiger charge is 2.27. The van der Waals surface area contributed by atoms with E-state index in [1.54, 1.807) is 0 Å². The van der Waals surface area contributed by atoms with Gasteiger partial charge in [-0.15, -0.1) is 0 Å². The highest BCUT2D eigenvalue weighted by molar-refractivity contribution is 5.76. The van der Waals surface area contributed by atoms with Crippen LogP contribution < -0.4 is 10.6 Å². The minimum absolute atomic E-state index is 0.00215. The first-order chi connectivity index (χ1) is 16.9. The van der Waals surface area contributed by atoms with E-state index in [0.29, 0.717) is 37.8 Å². The van der Waals surface area contributed by atoms with Gasteiger partial charge < -0.3 is 20.5 Å². The second kappa shape index (κ2) is 8.55. The van der Waals surface area contributed by atoms with Gasteiger partial charge in [0.25, 0.3) is 0 Å². The Morgan fingerprint density at radius 1 is 1.12 bits per heavy atom. The van der Waals surface area contributed by atoms with E-state index in [9.17, 15) is 18.3 Å². The maximum Gasteiger partial charge on any atom is 0.224 e. The molecular formula is C21H23F3N6O2. The summed E-state index contributed by atoms with van der Waals surface area (Å²) in [5.41, 5.74) is -0.634. The summed E-state index contributed by atoms with van der Waals surface area (Å²) in [5.74, 6) is -3.78. The third kappa shape index (κ3) is 4.09. The molecule has 1 aliphatic heterocycles. The van der Waals surface area contributed by atoms with Crippen LogP contribution in [0, 0.1) is 17.5 Å². The highest BCUT2D eigenvalue weighted by atomic mass is 19.1. The van der Waals surface area contributed by atoms with Crippen LogP contribution in [-0.4, -0.2) is 49.9 Å². The van der Waals surface area contributed by atoms with Gasteiger partial charge in [-0.1, -0.05) is 0 Å². The van der Waals surface area contributed by atoms with Crippen LogP contribution in [0.3, 0.4) is 0 Å². The van der Waals surface area contributed by atoms with Gasteiger partial charge in [-0.05, 0) is 32.1 Å². The molecule has 1 aromatic carbocycles. The molecule has 5 rings (SSSR count). The number of aromatic nitrogens is 4. The second-order valence-electron chi connectivity index (χ2n) is 7.74. The summed E-state index contributed by atoms with van der Waals surface area (Å²) in [7, 11) is 0. The zero-order valence-electron chi connectivity index (χ0n) is 20.8. The van der Waals surface area contributed by atoms with Gasteiger partial charge >= 0.3 is 0 Å². The quantitative estimate of drug-likeness (QED) is 0.544. The van der Waals surface area contributed by atoms with Gasteiger partial charge in [0.15, 0.2) is 17.3 Å². The summed E-state index contributed by atoms with van der Waals surface area (Å²) in [6.07, 6.45) is 2.96. The molecule has 0 spiro atoms. The van der Waals surface area contributed by atoms with Gasteiger partial charge in [0, 0.05) is 24.7 Å². The van der Waals surface area contributed by atoms with Crippen LogP contribution >= 0.6 is 0 Å². The molecule has 1 saturated carbocycles. The maximum atomic E-state index is 14.4. The van der Waals surface area contributed by atoms with Gasteiger partial charge in [-0.2, -0.15) is 4.98 Å². The predicted octanol–water partition coefficient (Wildman–Crippen LogP) is 3.66. The molecule has 2 aromatic heterocycles. The number of hydrogen-bond acceptors (Lipinski definition) is 7. The smallest absolute Gasteiger partial charge is 0.224 e. The lowest BCUT2D eigenvalue weighted by molar-refractivity contribution is 0.126. The van der Waals surface area contributed by atoms with Crippen LogP contribution in [0.4, 0.5) is 30.8 Å². The lowest BCUT2D eigenvalue weighted by Crippen LogP contribution is -2.29. The molecule has 1 saturated heterocycles. The summed E-state index contributed by atoms with van der Waals surface area (Å²) in [6.45, 7) is -4.06. The van der Waals surface area contributed by atoms with Crippen molar-refractivity contribution in [3.63, 3.8) is 0 Å². The zero-order chi connectivity index (χ0) is 25.8. The van der Waals surface area contributed by atoms with Crippen molar-refractivity contribution in [2.75, 3.05) is 23.8 Å². The lowest BCUT2D eigenvalue weighted by atomic mass is 9.93. The second-order valence-corrected chi connectivity index (χ2v) is 7.74. The average molecular weight is 452 g/mol. The number of anilines is 3. The Hall–Kier alpha value is -2.92. The molecule has 2 unspecified atom stereocenters. The summed E-state index contributed by atoms with van der Waals surface area (Å²) >= 11 is 0. The molecule has 0 radical (unpaired) electrons. The molecule has 3 aromatic rings. The fourth-order valence-electron chi connectivity index (χ4n) is 3.87. The van der Waals surface area contributed by atoms with Crippen LogP contribution in [0.5, 0.6) is 0 Å². The van der Waals surface area contributed by atoms with Crippen molar-refractivity contribution in [2.45, 2.75) is 50.3 Å². The normalized spacial score (nSPS) is 31.6. The van der Waals surface area contributed by atoms with Crippen molar-refractivity contribution in [3.8, 4) is 0 Å². The molecule has 3 heterocycles. The van der Waals surface area contributed by atoms with Crippen LogP contribution in [0.25, 0.3) is 11.2 Å². The molecule has 3 N–H and O–H groups in total. The highest BCUT2D eigenvalue weighted by Crippen LogP contribution is 2.32. The van der Waals surface area contributed by atoms with Crippen LogP contribution in [0.15, 0.2) is 18.3 Å². The number of halogens is 3. The first-order valence-corrected chi connectivity index (χ1v) is 10.2. The minimum atomic E-state index is -2.33.